The second-order valence-corrected chi connectivity index (χ2v) is 5.75. The van der Waals surface area contributed by atoms with E-state index in [9.17, 15) is 5.11 Å². The fraction of sp³-hybridized carbons (Fsp3) is 0.600. The monoisotopic (exact) mass is 251 g/mol. The number of ether oxygens (including phenoxy) is 1. The van der Waals surface area contributed by atoms with Gasteiger partial charge in [0.1, 0.15) is 5.75 Å². The summed E-state index contributed by atoms with van der Waals surface area (Å²) in [6.07, 6.45) is 0. The molecule has 1 rings (SSSR count). The van der Waals surface area contributed by atoms with Crippen molar-refractivity contribution in [2.24, 2.45) is 5.92 Å². The summed E-state index contributed by atoms with van der Waals surface area (Å²) < 4.78 is 5.67. The minimum atomic E-state index is -0.755. The Morgan fingerprint density at radius 1 is 1.28 bits per heavy atom. The normalized spacial score (nSPS) is 13.5. The lowest BCUT2D eigenvalue weighted by Crippen LogP contribution is -2.39. The first kappa shape index (κ1) is 14.8. The number of hydrogen-bond acceptors (Lipinski definition) is 3. The molecule has 1 aromatic carbocycles. The van der Waals surface area contributed by atoms with Crippen LogP contribution >= 0.6 is 0 Å². The summed E-state index contributed by atoms with van der Waals surface area (Å²) in [6.45, 7) is 10.5. The molecule has 0 heterocycles. The maximum Gasteiger partial charge on any atom is 0.121 e. The molecule has 0 spiro atoms. The van der Waals surface area contributed by atoms with Gasteiger partial charge in [-0.3, -0.25) is 0 Å². The van der Waals surface area contributed by atoms with Crippen LogP contribution in [0.1, 0.15) is 34.6 Å². The van der Waals surface area contributed by atoms with Gasteiger partial charge in [0.25, 0.3) is 0 Å². The van der Waals surface area contributed by atoms with Gasteiger partial charge in [-0.25, -0.2) is 0 Å². The molecule has 0 amide bonds. The first-order chi connectivity index (χ1) is 8.29. The second-order valence-electron chi connectivity index (χ2n) is 5.75. The number of aliphatic hydroxyl groups is 1. The lowest BCUT2D eigenvalue weighted by molar-refractivity contribution is 0.0649. The molecule has 2 N–H and O–H groups in total. The van der Waals surface area contributed by atoms with Crippen LogP contribution in [0.15, 0.2) is 24.3 Å². The van der Waals surface area contributed by atoms with E-state index in [2.05, 4.69) is 19.2 Å². The molecule has 0 saturated heterocycles. The Morgan fingerprint density at radius 3 is 2.50 bits per heavy atom. The fourth-order valence-corrected chi connectivity index (χ4v) is 1.37. The highest BCUT2D eigenvalue weighted by molar-refractivity contribution is 5.49. The van der Waals surface area contributed by atoms with Crippen molar-refractivity contribution in [3.8, 4) is 5.75 Å². The number of anilines is 1. The third-order valence-corrected chi connectivity index (χ3v) is 2.86. The van der Waals surface area contributed by atoms with Gasteiger partial charge in [0.05, 0.1) is 18.2 Å². The van der Waals surface area contributed by atoms with E-state index >= 15 is 0 Å². The summed E-state index contributed by atoms with van der Waals surface area (Å²) >= 11 is 0. The molecule has 0 aliphatic rings. The predicted molar refractivity (Wildman–Crippen MR) is 76.2 cm³/mol. The van der Waals surface area contributed by atoms with Gasteiger partial charge in [-0.15, -0.1) is 0 Å². The average Bonchev–Trinajstić information content (AvgIpc) is 2.25. The van der Waals surface area contributed by atoms with Crippen LogP contribution in [0, 0.1) is 5.92 Å². The standard InChI is InChI=1S/C15H25NO2/c1-11(2)10-18-14-8-6-7-13(9-14)16-12(3)15(4,5)17/h6-9,11-12,16-17H,10H2,1-5H3. The van der Waals surface area contributed by atoms with Crippen LogP contribution in [0.25, 0.3) is 0 Å². The Balaban J connectivity index is 2.65. The molecule has 102 valence electrons. The molecule has 0 radical (unpaired) electrons. The zero-order valence-electron chi connectivity index (χ0n) is 12.0. The molecule has 18 heavy (non-hydrogen) atoms. The van der Waals surface area contributed by atoms with E-state index in [0.29, 0.717) is 12.5 Å². The van der Waals surface area contributed by atoms with Crippen molar-refractivity contribution >= 4 is 5.69 Å². The van der Waals surface area contributed by atoms with Crippen LogP contribution in [0.2, 0.25) is 0 Å². The van der Waals surface area contributed by atoms with E-state index < -0.39 is 5.60 Å². The number of rotatable bonds is 6. The molecule has 1 unspecified atom stereocenters. The number of hydrogen-bond donors (Lipinski definition) is 2. The van der Waals surface area contributed by atoms with E-state index in [1.165, 1.54) is 0 Å². The van der Waals surface area contributed by atoms with Crippen molar-refractivity contribution in [1.29, 1.82) is 0 Å². The second kappa shape index (κ2) is 6.10. The van der Waals surface area contributed by atoms with E-state index in [4.69, 9.17) is 4.74 Å². The van der Waals surface area contributed by atoms with E-state index in [0.717, 1.165) is 11.4 Å². The van der Waals surface area contributed by atoms with E-state index in [1.807, 2.05) is 31.2 Å². The minimum absolute atomic E-state index is 0.0298. The Bertz CT molecular complexity index is 369. The van der Waals surface area contributed by atoms with Gasteiger partial charge >= 0.3 is 0 Å². The fourth-order valence-electron chi connectivity index (χ4n) is 1.37. The molecule has 0 aromatic heterocycles. The SMILES string of the molecule is CC(C)COc1cccc(NC(C)C(C)(C)O)c1. The maximum absolute atomic E-state index is 9.90. The molecule has 3 heteroatoms. The number of nitrogens with one attached hydrogen (secondary N) is 1. The molecule has 0 aliphatic heterocycles. The molecule has 0 saturated carbocycles. The zero-order chi connectivity index (χ0) is 13.8. The summed E-state index contributed by atoms with van der Waals surface area (Å²) in [5.74, 6) is 1.37. The van der Waals surface area contributed by atoms with Crippen molar-refractivity contribution in [2.45, 2.75) is 46.3 Å². The van der Waals surface area contributed by atoms with Crippen LogP contribution in [-0.2, 0) is 0 Å². The van der Waals surface area contributed by atoms with Gasteiger partial charge < -0.3 is 15.2 Å². The van der Waals surface area contributed by atoms with Crippen LogP contribution in [0.3, 0.4) is 0 Å². The summed E-state index contributed by atoms with van der Waals surface area (Å²) in [7, 11) is 0. The smallest absolute Gasteiger partial charge is 0.121 e. The van der Waals surface area contributed by atoms with Gasteiger partial charge in [0.2, 0.25) is 0 Å². The Hall–Kier alpha value is -1.22. The van der Waals surface area contributed by atoms with Crippen molar-refractivity contribution in [3.63, 3.8) is 0 Å². The molecular formula is C15H25NO2. The number of benzene rings is 1. The summed E-state index contributed by atoms with van der Waals surface area (Å²) in [4.78, 5) is 0. The average molecular weight is 251 g/mol. The molecule has 1 aromatic rings. The molecule has 0 aliphatic carbocycles. The van der Waals surface area contributed by atoms with Crippen LogP contribution in [-0.4, -0.2) is 23.4 Å². The van der Waals surface area contributed by atoms with Gasteiger partial charge in [-0.1, -0.05) is 19.9 Å². The Labute approximate surface area is 110 Å². The van der Waals surface area contributed by atoms with Gasteiger partial charge in [0.15, 0.2) is 0 Å². The minimum Gasteiger partial charge on any atom is -0.493 e. The Kier molecular flexibility index (Phi) is 5.03. The molecule has 0 bridgehead atoms. The first-order valence-electron chi connectivity index (χ1n) is 6.51. The maximum atomic E-state index is 9.90. The van der Waals surface area contributed by atoms with Crippen LogP contribution in [0.5, 0.6) is 5.75 Å². The summed E-state index contributed by atoms with van der Waals surface area (Å²) in [5, 5.41) is 13.2. The largest absolute Gasteiger partial charge is 0.493 e. The molecule has 0 fully saturated rings. The highest BCUT2D eigenvalue weighted by Gasteiger charge is 2.21. The highest BCUT2D eigenvalue weighted by Crippen LogP contribution is 2.21. The zero-order valence-corrected chi connectivity index (χ0v) is 12.0. The van der Waals surface area contributed by atoms with Gasteiger partial charge in [0, 0.05) is 11.8 Å². The van der Waals surface area contributed by atoms with E-state index in [1.54, 1.807) is 13.8 Å². The van der Waals surface area contributed by atoms with Crippen LogP contribution in [0.4, 0.5) is 5.69 Å². The third kappa shape index (κ3) is 4.96. The molecule has 1 atom stereocenters. The van der Waals surface area contributed by atoms with Crippen molar-refractivity contribution in [3.05, 3.63) is 24.3 Å². The third-order valence-electron chi connectivity index (χ3n) is 2.86. The predicted octanol–water partition coefficient (Wildman–Crippen LogP) is 3.29. The lowest BCUT2D eigenvalue weighted by Gasteiger charge is -2.27. The van der Waals surface area contributed by atoms with Gasteiger partial charge in [-0.2, -0.15) is 0 Å². The van der Waals surface area contributed by atoms with Crippen molar-refractivity contribution < 1.29 is 9.84 Å². The summed E-state index contributed by atoms with van der Waals surface area (Å²) in [6, 6.07) is 7.81. The topological polar surface area (TPSA) is 41.5 Å². The molecular weight excluding hydrogens is 226 g/mol. The van der Waals surface area contributed by atoms with Gasteiger partial charge in [-0.05, 0) is 38.8 Å². The van der Waals surface area contributed by atoms with Crippen molar-refractivity contribution in [2.75, 3.05) is 11.9 Å². The van der Waals surface area contributed by atoms with Crippen LogP contribution < -0.4 is 10.1 Å². The van der Waals surface area contributed by atoms with Crippen molar-refractivity contribution in [1.82, 2.24) is 0 Å². The lowest BCUT2D eigenvalue weighted by atomic mass is 10.0. The quantitative estimate of drug-likeness (QED) is 0.815. The molecule has 3 nitrogen and oxygen atoms in total. The Morgan fingerprint density at radius 2 is 1.94 bits per heavy atom. The first-order valence-corrected chi connectivity index (χ1v) is 6.51. The highest BCUT2D eigenvalue weighted by atomic mass is 16.5. The summed E-state index contributed by atoms with van der Waals surface area (Å²) in [5.41, 5.74) is 0.209. The van der Waals surface area contributed by atoms with E-state index in [-0.39, 0.29) is 6.04 Å².